The summed E-state index contributed by atoms with van der Waals surface area (Å²) in [6.07, 6.45) is 12.8. The van der Waals surface area contributed by atoms with Crippen molar-refractivity contribution in [1.82, 2.24) is 24.8 Å². The summed E-state index contributed by atoms with van der Waals surface area (Å²) in [4.78, 5) is 20.3. The largest absolute Gasteiger partial charge is 0.390 e. The molecule has 4 fully saturated rings. The van der Waals surface area contributed by atoms with Gasteiger partial charge in [0.15, 0.2) is 5.65 Å². The molecule has 34 heavy (non-hydrogen) atoms. The number of nitrogens with zero attached hydrogens (tertiary/aromatic N) is 4. The summed E-state index contributed by atoms with van der Waals surface area (Å²) < 4.78 is 1.70. The van der Waals surface area contributed by atoms with Gasteiger partial charge in [-0.15, -0.1) is 0 Å². The monoisotopic (exact) mass is 459 g/mol. The number of amides is 1. The van der Waals surface area contributed by atoms with Gasteiger partial charge in [-0.3, -0.25) is 9.69 Å². The van der Waals surface area contributed by atoms with Crippen LogP contribution in [-0.2, 0) is 0 Å². The zero-order chi connectivity index (χ0) is 23.3. The van der Waals surface area contributed by atoms with Crippen LogP contribution in [0.2, 0.25) is 0 Å². The first-order valence-corrected chi connectivity index (χ1v) is 12.7. The van der Waals surface area contributed by atoms with Crippen molar-refractivity contribution >= 4 is 11.6 Å². The van der Waals surface area contributed by atoms with E-state index in [1.807, 2.05) is 12.4 Å². The number of aromatic nitrogens is 3. The number of aliphatic hydroxyl groups is 1. The number of fused-ring (bicyclic) bond motifs is 4. The molecule has 1 aliphatic heterocycles. The van der Waals surface area contributed by atoms with E-state index in [2.05, 4.69) is 51.5 Å². The molecule has 4 aliphatic rings. The second-order valence-corrected chi connectivity index (χ2v) is 10.7. The summed E-state index contributed by atoms with van der Waals surface area (Å²) in [5, 5.41) is 18.2. The molecule has 7 nitrogen and oxygen atoms in total. The molecule has 2 N–H and O–H groups in total. The molecular formula is C27H33N5O2. The smallest absolute Gasteiger partial charge is 0.257 e. The fourth-order valence-corrected chi connectivity index (χ4v) is 6.14. The molecule has 0 spiro atoms. The predicted molar refractivity (Wildman–Crippen MR) is 130 cm³/mol. The van der Waals surface area contributed by atoms with Crippen LogP contribution in [0.1, 0.15) is 80.3 Å². The Balaban J connectivity index is 1.19. The number of nitrogens with one attached hydrogen (secondary N) is 1. The van der Waals surface area contributed by atoms with Crippen LogP contribution < -0.4 is 5.32 Å². The van der Waals surface area contributed by atoms with Gasteiger partial charge >= 0.3 is 0 Å². The first-order chi connectivity index (χ1) is 16.4. The highest BCUT2D eigenvalue weighted by Gasteiger charge is 2.48. The summed E-state index contributed by atoms with van der Waals surface area (Å²) in [5.74, 6) is -0.122. The average molecular weight is 460 g/mol. The van der Waals surface area contributed by atoms with Crippen LogP contribution in [0.3, 0.4) is 0 Å². The molecule has 2 bridgehead atoms. The second-order valence-electron chi connectivity index (χ2n) is 10.7. The molecule has 7 rings (SSSR count). The zero-order valence-electron chi connectivity index (χ0n) is 19.8. The van der Waals surface area contributed by atoms with Crippen molar-refractivity contribution in [3.05, 3.63) is 54.0 Å². The van der Waals surface area contributed by atoms with E-state index < -0.39 is 5.60 Å². The van der Waals surface area contributed by atoms with E-state index in [9.17, 15) is 9.90 Å². The number of likely N-dealkylation sites (tertiary alicyclic amines) is 1. The number of benzene rings is 1. The van der Waals surface area contributed by atoms with Crippen LogP contribution in [-0.4, -0.2) is 54.7 Å². The van der Waals surface area contributed by atoms with Crippen molar-refractivity contribution < 1.29 is 9.90 Å². The minimum atomic E-state index is -0.515. The SMILES string of the molecule is CC(c1ccc(-c2cnc3c(C(=O)NC45CCC(O)(CC4)CC5)cnn3c2)cc1)N1CCCC1. The van der Waals surface area contributed by atoms with Crippen molar-refractivity contribution in [2.45, 2.75) is 75.5 Å². The van der Waals surface area contributed by atoms with Crippen LogP contribution in [0.5, 0.6) is 0 Å². The van der Waals surface area contributed by atoms with Crippen LogP contribution in [0.25, 0.3) is 16.8 Å². The highest BCUT2D eigenvalue weighted by Crippen LogP contribution is 2.46. The lowest BCUT2D eigenvalue weighted by molar-refractivity contribution is -0.0702. The number of carbonyl (C=O) groups excluding carboxylic acids is 1. The van der Waals surface area contributed by atoms with Gasteiger partial charge in [-0.05, 0) is 82.5 Å². The normalized spacial score (nSPS) is 27.8. The van der Waals surface area contributed by atoms with E-state index in [1.165, 1.54) is 31.5 Å². The molecule has 1 aromatic carbocycles. The van der Waals surface area contributed by atoms with Crippen molar-refractivity contribution in [3.8, 4) is 11.1 Å². The first-order valence-electron chi connectivity index (χ1n) is 12.7. The third-order valence-electron chi connectivity index (χ3n) is 8.60. The lowest BCUT2D eigenvalue weighted by Gasteiger charge is -2.51. The predicted octanol–water partition coefficient (Wildman–Crippen LogP) is 4.12. The Hall–Kier alpha value is -2.77. The van der Waals surface area contributed by atoms with Gasteiger partial charge in [0.2, 0.25) is 0 Å². The molecule has 1 saturated heterocycles. The Kier molecular flexibility index (Phi) is 5.22. The maximum absolute atomic E-state index is 13.1. The third-order valence-corrected chi connectivity index (χ3v) is 8.60. The molecule has 1 amide bonds. The van der Waals surface area contributed by atoms with Crippen LogP contribution in [0.15, 0.2) is 42.9 Å². The Bertz CT molecular complexity index is 1190. The van der Waals surface area contributed by atoms with E-state index in [1.54, 1.807) is 10.7 Å². The Labute approximate surface area is 200 Å². The highest BCUT2D eigenvalue weighted by molar-refractivity contribution is 6.00. The van der Waals surface area contributed by atoms with E-state index in [4.69, 9.17) is 0 Å². The Morgan fingerprint density at radius 3 is 2.35 bits per heavy atom. The standard InChI is InChI=1S/C27H33N5O2/c1-19(31-14-2-3-15-31)20-4-6-21(7-5-20)22-16-28-24-23(17-29-32(24)18-22)25(33)30-26-8-11-27(34,12-9-26)13-10-26/h4-7,16-19,34H,2-3,8-15H2,1H3,(H,30,33). The molecule has 3 aliphatic carbocycles. The quantitative estimate of drug-likeness (QED) is 0.600. The van der Waals surface area contributed by atoms with Gasteiger partial charge in [0.25, 0.3) is 5.91 Å². The van der Waals surface area contributed by atoms with Crippen molar-refractivity contribution in [3.63, 3.8) is 0 Å². The molecular weight excluding hydrogens is 426 g/mol. The number of hydrogen-bond acceptors (Lipinski definition) is 5. The van der Waals surface area contributed by atoms with Crippen molar-refractivity contribution in [2.24, 2.45) is 0 Å². The van der Waals surface area contributed by atoms with Gasteiger partial charge in [0.1, 0.15) is 5.56 Å². The molecule has 7 heteroatoms. The van der Waals surface area contributed by atoms with Crippen molar-refractivity contribution in [1.29, 1.82) is 0 Å². The summed E-state index contributed by atoms with van der Waals surface area (Å²) in [6.45, 7) is 4.65. The minimum Gasteiger partial charge on any atom is -0.390 e. The van der Waals surface area contributed by atoms with E-state index in [-0.39, 0.29) is 11.4 Å². The molecule has 178 valence electrons. The van der Waals surface area contributed by atoms with E-state index in [0.717, 1.165) is 49.7 Å². The lowest BCUT2D eigenvalue weighted by Crippen LogP contribution is -2.58. The van der Waals surface area contributed by atoms with Gasteiger partial charge in [-0.25, -0.2) is 9.50 Å². The fraction of sp³-hybridized carbons (Fsp3) is 0.519. The van der Waals surface area contributed by atoms with Gasteiger partial charge in [0.05, 0.1) is 11.8 Å². The van der Waals surface area contributed by atoms with Crippen LogP contribution in [0.4, 0.5) is 0 Å². The maximum Gasteiger partial charge on any atom is 0.257 e. The number of carbonyl (C=O) groups is 1. The molecule has 0 radical (unpaired) electrons. The second kappa shape index (κ2) is 8.17. The van der Waals surface area contributed by atoms with Gasteiger partial charge in [-0.2, -0.15) is 5.10 Å². The molecule has 3 saturated carbocycles. The number of hydrogen-bond donors (Lipinski definition) is 2. The summed E-state index contributed by atoms with van der Waals surface area (Å²) in [7, 11) is 0. The van der Waals surface area contributed by atoms with E-state index in [0.29, 0.717) is 17.3 Å². The zero-order valence-corrected chi connectivity index (χ0v) is 19.8. The first kappa shape index (κ1) is 21.7. The molecule has 1 atom stereocenters. The Morgan fingerprint density at radius 2 is 1.68 bits per heavy atom. The maximum atomic E-state index is 13.1. The van der Waals surface area contributed by atoms with Gasteiger partial charge in [0, 0.05) is 29.5 Å². The van der Waals surface area contributed by atoms with Crippen molar-refractivity contribution in [2.75, 3.05) is 13.1 Å². The van der Waals surface area contributed by atoms with Gasteiger partial charge < -0.3 is 10.4 Å². The Morgan fingerprint density at radius 1 is 1.00 bits per heavy atom. The lowest BCUT2D eigenvalue weighted by atomic mass is 9.63. The fourth-order valence-electron chi connectivity index (χ4n) is 6.14. The van der Waals surface area contributed by atoms with Crippen LogP contribution >= 0.6 is 0 Å². The van der Waals surface area contributed by atoms with Crippen LogP contribution in [0, 0.1) is 0 Å². The molecule has 1 unspecified atom stereocenters. The third kappa shape index (κ3) is 3.81. The molecule has 2 aromatic heterocycles. The molecule has 3 aromatic rings. The highest BCUT2D eigenvalue weighted by atomic mass is 16.3. The minimum absolute atomic E-state index is 0.122. The molecule has 3 heterocycles. The number of rotatable bonds is 5. The topological polar surface area (TPSA) is 82.8 Å². The average Bonchev–Trinajstić information content (AvgIpc) is 3.55. The van der Waals surface area contributed by atoms with Gasteiger partial charge in [-0.1, -0.05) is 24.3 Å². The summed E-state index contributed by atoms with van der Waals surface area (Å²) >= 11 is 0. The summed E-state index contributed by atoms with van der Waals surface area (Å²) in [6, 6.07) is 9.15. The van der Waals surface area contributed by atoms with E-state index >= 15 is 0 Å². The summed E-state index contributed by atoms with van der Waals surface area (Å²) in [5.41, 5.74) is 3.75.